The quantitative estimate of drug-likeness (QED) is 0.748. The number of unbranched alkanes of at least 4 members (excludes halogenated alkanes) is 1. The van der Waals surface area contributed by atoms with Crippen molar-refractivity contribution in [3.05, 3.63) is 28.2 Å². The zero-order chi connectivity index (χ0) is 14.4. The molecule has 0 aromatic heterocycles. The number of carboxylic acids is 1. The Bertz CT molecular complexity index is 477. The van der Waals surface area contributed by atoms with Crippen LogP contribution in [0.3, 0.4) is 0 Å². The third-order valence-electron chi connectivity index (χ3n) is 2.68. The molecule has 1 rings (SSSR count). The number of amides is 1. The van der Waals surface area contributed by atoms with Crippen molar-refractivity contribution in [2.24, 2.45) is 5.73 Å². The first-order valence-corrected chi connectivity index (χ1v) is 6.84. The van der Waals surface area contributed by atoms with E-state index in [4.69, 9.17) is 10.8 Å². The number of carbonyl (C=O) groups excluding carboxylic acids is 1. The number of rotatable bonds is 6. The molecule has 0 radical (unpaired) electrons. The van der Waals surface area contributed by atoms with E-state index in [1.807, 2.05) is 6.92 Å². The van der Waals surface area contributed by atoms with Crippen LogP contribution in [0.15, 0.2) is 22.7 Å². The third-order valence-corrected chi connectivity index (χ3v) is 3.17. The molecule has 1 aromatic rings. The Morgan fingerprint density at radius 2 is 2.16 bits per heavy atom. The summed E-state index contributed by atoms with van der Waals surface area (Å²) in [7, 11) is 0. The van der Waals surface area contributed by atoms with Gasteiger partial charge in [-0.2, -0.15) is 0 Å². The summed E-state index contributed by atoms with van der Waals surface area (Å²) in [4.78, 5) is 22.9. The van der Waals surface area contributed by atoms with E-state index >= 15 is 0 Å². The van der Waals surface area contributed by atoms with E-state index in [-0.39, 0.29) is 17.2 Å². The molecule has 104 valence electrons. The van der Waals surface area contributed by atoms with Crippen molar-refractivity contribution < 1.29 is 14.7 Å². The van der Waals surface area contributed by atoms with Gasteiger partial charge in [-0.15, -0.1) is 0 Å². The van der Waals surface area contributed by atoms with E-state index in [9.17, 15) is 9.59 Å². The van der Waals surface area contributed by atoms with Crippen LogP contribution in [0.1, 0.15) is 36.5 Å². The minimum absolute atomic E-state index is 0.0328. The molecule has 0 saturated carbocycles. The van der Waals surface area contributed by atoms with Crippen LogP contribution >= 0.6 is 15.9 Å². The smallest absolute Gasteiger partial charge is 0.337 e. The van der Waals surface area contributed by atoms with Gasteiger partial charge in [0.25, 0.3) is 0 Å². The van der Waals surface area contributed by atoms with Crippen molar-refractivity contribution in [2.45, 2.75) is 32.2 Å². The minimum atomic E-state index is -1.10. The Balaban J connectivity index is 2.81. The van der Waals surface area contributed by atoms with E-state index in [1.165, 1.54) is 12.1 Å². The van der Waals surface area contributed by atoms with Crippen LogP contribution in [-0.2, 0) is 4.79 Å². The van der Waals surface area contributed by atoms with E-state index in [0.29, 0.717) is 10.9 Å². The fourth-order valence-electron chi connectivity index (χ4n) is 1.58. The number of aromatic carboxylic acids is 1. The summed E-state index contributed by atoms with van der Waals surface area (Å²) in [6.07, 6.45) is 2.40. The molecule has 0 bridgehead atoms. The van der Waals surface area contributed by atoms with E-state index < -0.39 is 12.0 Å². The first kappa shape index (κ1) is 15.7. The van der Waals surface area contributed by atoms with Gasteiger partial charge in [0.1, 0.15) is 0 Å². The lowest BCUT2D eigenvalue weighted by atomic mass is 10.1. The van der Waals surface area contributed by atoms with E-state index in [0.717, 1.165) is 12.8 Å². The Kier molecular flexibility index (Phi) is 5.98. The lowest BCUT2D eigenvalue weighted by Gasteiger charge is -2.13. The predicted molar refractivity (Wildman–Crippen MR) is 77.2 cm³/mol. The number of carbonyl (C=O) groups is 2. The molecule has 1 amide bonds. The average Bonchev–Trinajstić information content (AvgIpc) is 2.37. The van der Waals surface area contributed by atoms with Crippen LogP contribution < -0.4 is 11.1 Å². The third kappa shape index (κ3) is 4.65. The van der Waals surface area contributed by atoms with Crippen LogP contribution in [0.5, 0.6) is 0 Å². The zero-order valence-corrected chi connectivity index (χ0v) is 12.2. The van der Waals surface area contributed by atoms with Crippen LogP contribution in [0.25, 0.3) is 0 Å². The lowest BCUT2D eigenvalue weighted by molar-refractivity contribution is -0.117. The molecule has 4 N–H and O–H groups in total. The average molecular weight is 329 g/mol. The number of halogens is 1. The zero-order valence-electron chi connectivity index (χ0n) is 10.6. The highest BCUT2D eigenvalue weighted by atomic mass is 79.9. The molecule has 0 spiro atoms. The Labute approximate surface area is 120 Å². The number of nitrogens with one attached hydrogen (secondary N) is 1. The van der Waals surface area contributed by atoms with Gasteiger partial charge in [-0.3, -0.25) is 4.79 Å². The molecule has 19 heavy (non-hydrogen) atoms. The van der Waals surface area contributed by atoms with Crippen LogP contribution in [0.2, 0.25) is 0 Å². The monoisotopic (exact) mass is 328 g/mol. The summed E-state index contributed by atoms with van der Waals surface area (Å²) in [5.74, 6) is -1.46. The largest absolute Gasteiger partial charge is 0.478 e. The van der Waals surface area contributed by atoms with Gasteiger partial charge in [0.15, 0.2) is 0 Å². The normalized spacial score (nSPS) is 11.9. The van der Waals surface area contributed by atoms with E-state index in [1.54, 1.807) is 6.07 Å². The molecule has 0 unspecified atom stereocenters. The highest BCUT2D eigenvalue weighted by Crippen LogP contribution is 2.21. The maximum atomic E-state index is 11.8. The lowest BCUT2D eigenvalue weighted by Crippen LogP contribution is -2.35. The molecule has 0 aliphatic heterocycles. The van der Waals surface area contributed by atoms with E-state index in [2.05, 4.69) is 21.2 Å². The number of hydrogen-bond donors (Lipinski definition) is 3. The number of benzene rings is 1. The highest BCUT2D eigenvalue weighted by Gasteiger charge is 2.17. The molecule has 6 heteroatoms. The second-order valence-corrected chi connectivity index (χ2v) is 5.15. The highest BCUT2D eigenvalue weighted by molar-refractivity contribution is 9.10. The van der Waals surface area contributed by atoms with Crippen LogP contribution in [-0.4, -0.2) is 23.0 Å². The summed E-state index contributed by atoms with van der Waals surface area (Å²) < 4.78 is 0.637. The van der Waals surface area contributed by atoms with Crippen molar-refractivity contribution in [3.8, 4) is 0 Å². The molecule has 0 fully saturated rings. The van der Waals surface area contributed by atoms with Crippen molar-refractivity contribution in [1.82, 2.24) is 0 Å². The summed E-state index contributed by atoms with van der Waals surface area (Å²) in [5, 5.41) is 11.6. The molecule has 1 atom stereocenters. The van der Waals surface area contributed by atoms with Gasteiger partial charge in [-0.25, -0.2) is 4.79 Å². The predicted octanol–water partition coefficient (Wildman–Crippen LogP) is 2.60. The second-order valence-electron chi connectivity index (χ2n) is 4.23. The molecular formula is C13H17BrN2O3. The molecule has 5 nitrogen and oxygen atoms in total. The number of anilines is 1. The molecule has 0 heterocycles. The molecule has 0 saturated heterocycles. The standard InChI is InChI=1S/C13H17BrN2O3/c1-2-3-4-10(15)12(17)16-11-6-5-8(14)7-9(11)13(18)19/h5-7,10H,2-4,15H2,1H3,(H,16,17)(H,18,19)/t10-/m0/s1. The van der Waals surface area contributed by atoms with Gasteiger partial charge >= 0.3 is 5.97 Å². The fourth-order valence-corrected chi connectivity index (χ4v) is 1.94. The van der Waals surface area contributed by atoms with Gasteiger partial charge < -0.3 is 16.2 Å². The van der Waals surface area contributed by atoms with Crippen LogP contribution in [0, 0.1) is 0 Å². The maximum Gasteiger partial charge on any atom is 0.337 e. The molecule has 0 aliphatic carbocycles. The maximum absolute atomic E-state index is 11.8. The topological polar surface area (TPSA) is 92.4 Å². The van der Waals surface area contributed by atoms with Gasteiger partial charge in [0.05, 0.1) is 17.3 Å². The van der Waals surface area contributed by atoms with Gasteiger partial charge in [0.2, 0.25) is 5.91 Å². The summed E-state index contributed by atoms with van der Waals surface area (Å²) in [6, 6.07) is 4.03. The Hall–Kier alpha value is -1.40. The Morgan fingerprint density at radius 1 is 1.47 bits per heavy atom. The van der Waals surface area contributed by atoms with Crippen LogP contribution in [0.4, 0.5) is 5.69 Å². The summed E-state index contributed by atoms with van der Waals surface area (Å²) >= 11 is 3.19. The van der Waals surface area contributed by atoms with Gasteiger partial charge in [-0.05, 0) is 24.6 Å². The van der Waals surface area contributed by atoms with Crippen molar-refractivity contribution >= 4 is 33.5 Å². The van der Waals surface area contributed by atoms with Crippen molar-refractivity contribution in [2.75, 3.05) is 5.32 Å². The summed E-state index contributed by atoms with van der Waals surface area (Å²) in [5.41, 5.74) is 6.03. The number of hydrogen-bond acceptors (Lipinski definition) is 3. The Morgan fingerprint density at radius 3 is 2.74 bits per heavy atom. The van der Waals surface area contributed by atoms with Gasteiger partial charge in [0, 0.05) is 4.47 Å². The van der Waals surface area contributed by atoms with Gasteiger partial charge in [-0.1, -0.05) is 35.7 Å². The number of nitrogens with two attached hydrogens (primary N) is 1. The fraction of sp³-hybridized carbons (Fsp3) is 0.385. The molecular weight excluding hydrogens is 312 g/mol. The minimum Gasteiger partial charge on any atom is -0.478 e. The first-order valence-electron chi connectivity index (χ1n) is 6.05. The number of carboxylic acid groups (broad SMARTS) is 1. The molecule has 1 aromatic carbocycles. The molecule has 0 aliphatic rings. The first-order chi connectivity index (χ1) is 8.95. The SMILES string of the molecule is CCCC[C@H](N)C(=O)Nc1ccc(Br)cc1C(=O)O. The second kappa shape index (κ2) is 7.25. The summed E-state index contributed by atoms with van der Waals surface area (Å²) in [6.45, 7) is 2.02. The van der Waals surface area contributed by atoms with Crippen molar-refractivity contribution in [3.63, 3.8) is 0 Å². The van der Waals surface area contributed by atoms with Crippen molar-refractivity contribution in [1.29, 1.82) is 0 Å².